The third kappa shape index (κ3) is 3.32. The van der Waals surface area contributed by atoms with Crippen molar-refractivity contribution in [2.75, 3.05) is 13.2 Å². The molecular formula is C9H14O6. The second kappa shape index (κ2) is 5.45. The van der Waals surface area contributed by atoms with Gasteiger partial charge in [-0.15, -0.1) is 0 Å². The Labute approximate surface area is 87.2 Å². The summed E-state index contributed by atoms with van der Waals surface area (Å²) < 4.78 is 8.80. The largest absolute Gasteiger partial charge is 0.464 e. The fourth-order valence-electron chi connectivity index (χ4n) is 0.760. The minimum Gasteiger partial charge on any atom is -0.464 e. The maximum atomic E-state index is 11.2. The van der Waals surface area contributed by atoms with Crippen molar-refractivity contribution in [3.8, 4) is 0 Å². The predicted octanol–water partition coefficient (Wildman–Crippen LogP) is -0.567. The quantitative estimate of drug-likeness (QED) is 0.377. The molecular weight excluding hydrogens is 204 g/mol. The van der Waals surface area contributed by atoms with E-state index in [-0.39, 0.29) is 13.2 Å². The van der Waals surface area contributed by atoms with Gasteiger partial charge in [-0.25, -0.2) is 9.59 Å². The number of ether oxygens (including phenoxy) is 2. The highest BCUT2D eigenvalue weighted by atomic mass is 16.6. The van der Waals surface area contributed by atoms with E-state index in [0.29, 0.717) is 0 Å². The second-order valence-corrected chi connectivity index (χ2v) is 2.84. The minimum absolute atomic E-state index is 0.00505. The van der Waals surface area contributed by atoms with Gasteiger partial charge >= 0.3 is 11.9 Å². The van der Waals surface area contributed by atoms with Crippen molar-refractivity contribution in [1.29, 1.82) is 0 Å². The normalized spacial score (nSPS) is 13.9. The zero-order chi connectivity index (χ0) is 12.1. The van der Waals surface area contributed by atoms with Crippen LogP contribution in [0, 0.1) is 0 Å². The number of ketones is 1. The van der Waals surface area contributed by atoms with Crippen molar-refractivity contribution in [2.24, 2.45) is 0 Å². The Kier molecular flexibility index (Phi) is 4.93. The zero-order valence-electron chi connectivity index (χ0n) is 8.90. The Morgan fingerprint density at radius 3 is 2.00 bits per heavy atom. The summed E-state index contributed by atoms with van der Waals surface area (Å²) in [5.41, 5.74) is -2.48. The molecule has 0 radical (unpaired) electrons. The van der Waals surface area contributed by atoms with E-state index in [1.54, 1.807) is 0 Å². The molecule has 0 bridgehead atoms. The minimum atomic E-state index is -2.48. The van der Waals surface area contributed by atoms with Gasteiger partial charge in [0.05, 0.1) is 13.2 Å². The summed E-state index contributed by atoms with van der Waals surface area (Å²) in [5.74, 6) is -3.75. The van der Waals surface area contributed by atoms with Crippen LogP contribution in [0.2, 0.25) is 0 Å². The highest BCUT2D eigenvalue weighted by molar-refractivity contribution is 6.41. The number of hydrogen-bond donors (Lipinski definition) is 1. The highest BCUT2D eigenvalue weighted by Gasteiger charge is 2.45. The predicted molar refractivity (Wildman–Crippen MR) is 48.9 cm³/mol. The molecule has 0 aromatic heterocycles. The van der Waals surface area contributed by atoms with Crippen LogP contribution >= 0.6 is 0 Å². The van der Waals surface area contributed by atoms with E-state index in [0.717, 1.165) is 6.92 Å². The molecule has 0 rings (SSSR count). The van der Waals surface area contributed by atoms with Crippen molar-refractivity contribution in [2.45, 2.75) is 26.4 Å². The van der Waals surface area contributed by atoms with Gasteiger partial charge in [-0.1, -0.05) is 0 Å². The molecule has 0 fully saturated rings. The van der Waals surface area contributed by atoms with Gasteiger partial charge in [-0.05, 0) is 20.8 Å². The summed E-state index contributed by atoms with van der Waals surface area (Å²) in [6, 6.07) is 0. The average Bonchev–Trinajstić information content (AvgIpc) is 2.17. The molecule has 0 amide bonds. The van der Waals surface area contributed by atoms with Crippen molar-refractivity contribution >= 4 is 17.7 Å². The first-order valence-corrected chi connectivity index (χ1v) is 4.49. The lowest BCUT2D eigenvalue weighted by atomic mass is 10.0. The van der Waals surface area contributed by atoms with Crippen LogP contribution in [0.3, 0.4) is 0 Å². The molecule has 1 atom stereocenters. The molecule has 0 saturated heterocycles. The van der Waals surface area contributed by atoms with Crippen LogP contribution in [0.25, 0.3) is 0 Å². The lowest BCUT2D eigenvalue weighted by molar-refractivity contribution is -0.175. The molecule has 0 aliphatic rings. The number of rotatable bonds is 5. The number of hydrogen-bond acceptors (Lipinski definition) is 6. The molecule has 0 heterocycles. The molecule has 0 aliphatic carbocycles. The number of aliphatic hydroxyl groups is 1. The Balaban J connectivity index is 4.64. The van der Waals surface area contributed by atoms with Gasteiger partial charge in [0, 0.05) is 0 Å². The van der Waals surface area contributed by atoms with Gasteiger partial charge in [0.1, 0.15) is 0 Å². The molecule has 1 N–H and O–H groups in total. The summed E-state index contributed by atoms with van der Waals surface area (Å²) in [6.45, 7) is 3.91. The zero-order valence-corrected chi connectivity index (χ0v) is 8.90. The van der Waals surface area contributed by atoms with Crippen molar-refractivity contribution in [3.63, 3.8) is 0 Å². The second-order valence-electron chi connectivity index (χ2n) is 2.84. The number of carbonyl (C=O) groups excluding carboxylic acids is 3. The van der Waals surface area contributed by atoms with E-state index in [9.17, 15) is 19.5 Å². The molecule has 15 heavy (non-hydrogen) atoms. The van der Waals surface area contributed by atoms with E-state index in [1.807, 2.05) is 0 Å². The number of esters is 2. The molecule has 0 aliphatic heterocycles. The fraction of sp³-hybridized carbons (Fsp3) is 0.667. The molecule has 0 aromatic rings. The summed E-state index contributed by atoms with van der Waals surface area (Å²) in [7, 11) is 0. The lowest BCUT2D eigenvalue weighted by Crippen LogP contribution is -2.48. The van der Waals surface area contributed by atoms with E-state index >= 15 is 0 Å². The monoisotopic (exact) mass is 218 g/mol. The van der Waals surface area contributed by atoms with Crippen LogP contribution in [0.1, 0.15) is 20.8 Å². The van der Waals surface area contributed by atoms with Gasteiger partial charge in [0.2, 0.25) is 5.60 Å². The first-order chi connectivity index (χ1) is 6.87. The fourth-order valence-corrected chi connectivity index (χ4v) is 0.760. The maximum Gasteiger partial charge on any atom is 0.378 e. The Morgan fingerprint density at radius 2 is 1.60 bits per heavy atom. The first kappa shape index (κ1) is 13.6. The number of carbonyl (C=O) groups is 3. The first-order valence-electron chi connectivity index (χ1n) is 4.49. The van der Waals surface area contributed by atoms with E-state index < -0.39 is 23.3 Å². The molecule has 6 nitrogen and oxygen atoms in total. The van der Waals surface area contributed by atoms with E-state index in [4.69, 9.17) is 0 Å². The van der Waals surface area contributed by atoms with Crippen molar-refractivity contribution in [1.82, 2.24) is 0 Å². The third-order valence-corrected chi connectivity index (χ3v) is 1.58. The average molecular weight is 218 g/mol. The van der Waals surface area contributed by atoms with Crippen LogP contribution in [-0.2, 0) is 23.9 Å². The molecule has 86 valence electrons. The van der Waals surface area contributed by atoms with E-state index in [1.165, 1.54) is 13.8 Å². The SMILES string of the molecule is CCOC(=O)C(=O)C(C)(O)C(=O)OCC. The van der Waals surface area contributed by atoms with Crippen LogP contribution in [0.5, 0.6) is 0 Å². The smallest absolute Gasteiger partial charge is 0.378 e. The van der Waals surface area contributed by atoms with Gasteiger partial charge < -0.3 is 14.6 Å². The Hall–Kier alpha value is -1.43. The molecule has 0 spiro atoms. The molecule has 0 aromatic carbocycles. The highest BCUT2D eigenvalue weighted by Crippen LogP contribution is 2.09. The Morgan fingerprint density at radius 1 is 1.13 bits per heavy atom. The van der Waals surface area contributed by atoms with Crippen LogP contribution in [-0.4, -0.2) is 41.6 Å². The van der Waals surface area contributed by atoms with Crippen LogP contribution < -0.4 is 0 Å². The molecule has 0 saturated carbocycles. The lowest BCUT2D eigenvalue weighted by Gasteiger charge is -2.17. The summed E-state index contributed by atoms with van der Waals surface area (Å²) in [4.78, 5) is 33.3. The van der Waals surface area contributed by atoms with Gasteiger partial charge in [0.25, 0.3) is 5.78 Å². The van der Waals surface area contributed by atoms with E-state index in [2.05, 4.69) is 9.47 Å². The molecule has 1 unspecified atom stereocenters. The van der Waals surface area contributed by atoms with Gasteiger partial charge in [0.15, 0.2) is 0 Å². The van der Waals surface area contributed by atoms with Gasteiger partial charge in [-0.3, -0.25) is 4.79 Å². The number of Topliss-reactive ketones (excluding diaryl/α,β-unsaturated/α-hetero) is 1. The summed E-state index contributed by atoms with van der Waals surface area (Å²) in [5, 5.41) is 9.45. The van der Waals surface area contributed by atoms with Crippen LogP contribution in [0.15, 0.2) is 0 Å². The van der Waals surface area contributed by atoms with Crippen LogP contribution in [0.4, 0.5) is 0 Å². The Bertz CT molecular complexity index is 268. The van der Waals surface area contributed by atoms with Crippen molar-refractivity contribution < 1.29 is 29.0 Å². The van der Waals surface area contributed by atoms with Crippen molar-refractivity contribution in [3.05, 3.63) is 0 Å². The summed E-state index contributed by atoms with van der Waals surface area (Å²) in [6.07, 6.45) is 0. The summed E-state index contributed by atoms with van der Waals surface area (Å²) >= 11 is 0. The topological polar surface area (TPSA) is 89.9 Å². The van der Waals surface area contributed by atoms with Gasteiger partial charge in [-0.2, -0.15) is 0 Å². The third-order valence-electron chi connectivity index (χ3n) is 1.58. The molecule has 6 heteroatoms. The standard InChI is InChI=1S/C9H14O6/c1-4-14-7(11)6(10)9(3,13)8(12)15-5-2/h13H,4-5H2,1-3H3. The maximum absolute atomic E-state index is 11.2.